The van der Waals surface area contributed by atoms with E-state index in [-0.39, 0.29) is 5.91 Å². The zero-order chi connectivity index (χ0) is 15.5. The van der Waals surface area contributed by atoms with Gasteiger partial charge in [0.25, 0.3) is 5.91 Å². The van der Waals surface area contributed by atoms with Crippen LogP contribution in [0.4, 0.5) is 0 Å². The van der Waals surface area contributed by atoms with Gasteiger partial charge in [-0.15, -0.1) is 11.3 Å². The standard InChI is InChI=1S/C17H21N3OS/c1-13-16(22-14(2)18-13)17(21)20-10-8-19(9-11-20)12-15-6-4-3-5-7-15/h3-7H,8-12H2,1-2H3. The summed E-state index contributed by atoms with van der Waals surface area (Å²) >= 11 is 1.50. The summed E-state index contributed by atoms with van der Waals surface area (Å²) in [6.07, 6.45) is 0. The molecule has 0 atom stereocenters. The van der Waals surface area contributed by atoms with Gasteiger partial charge in [0.2, 0.25) is 0 Å². The van der Waals surface area contributed by atoms with Crippen LogP contribution in [0.3, 0.4) is 0 Å². The van der Waals surface area contributed by atoms with Crippen LogP contribution >= 0.6 is 11.3 Å². The van der Waals surface area contributed by atoms with Crippen LogP contribution in [-0.4, -0.2) is 46.9 Å². The van der Waals surface area contributed by atoms with Crippen molar-refractivity contribution in [2.75, 3.05) is 26.2 Å². The van der Waals surface area contributed by atoms with Crippen molar-refractivity contribution in [3.8, 4) is 0 Å². The van der Waals surface area contributed by atoms with Gasteiger partial charge in [0.1, 0.15) is 4.88 Å². The van der Waals surface area contributed by atoms with Gasteiger partial charge in [0.05, 0.1) is 10.7 Å². The van der Waals surface area contributed by atoms with Crippen LogP contribution in [0.5, 0.6) is 0 Å². The van der Waals surface area contributed by atoms with Crippen molar-refractivity contribution in [2.45, 2.75) is 20.4 Å². The third-order valence-corrected chi connectivity index (χ3v) is 5.07. The number of hydrogen-bond donors (Lipinski definition) is 0. The summed E-state index contributed by atoms with van der Waals surface area (Å²) in [6, 6.07) is 10.5. The summed E-state index contributed by atoms with van der Waals surface area (Å²) < 4.78 is 0. The molecule has 0 saturated carbocycles. The largest absolute Gasteiger partial charge is 0.335 e. The second kappa shape index (κ2) is 6.58. The molecule has 0 N–H and O–H groups in total. The summed E-state index contributed by atoms with van der Waals surface area (Å²) in [6.45, 7) is 8.27. The van der Waals surface area contributed by atoms with Gasteiger partial charge in [-0.2, -0.15) is 0 Å². The average Bonchev–Trinajstić information content (AvgIpc) is 2.87. The summed E-state index contributed by atoms with van der Waals surface area (Å²) in [4.78, 5) is 22.1. The maximum absolute atomic E-state index is 12.6. The molecule has 2 heterocycles. The third-order valence-electron chi connectivity index (χ3n) is 4.01. The summed E-state index contributed by atoms with van der Waals surface area (Å²) in [5, 5.41) is 0.962. The van der Waals surface area contributed by atoms with Crippen LogP contribution in [-0.2, 0) is 6.54 Å². The van der Waals surface area contributed by atoms with E-state index in [0.717, 1.165) is 48.3 Å². The van der Waals surface area contributed by atoms with Gasteiger partial charge < -0.3 is 4.90 Å². The fourth-order valence-electron chi connectivity index (χ4n) is 2.82. The SMILES string of the molecule is Cc1nc(C)c(C(=O)N2CCN(Cc3ccccc3)CC2)s1. The van der Waals surface area contributed by atoms with E-state index in [9.17, 15) is 4.79 Å². The Kier molecular flexibility index (Phi) is 4.55. The van der Waals surface area contributed by atoms with E-state index >= 15 is 0 Å². The van der Waals surface area contributed by atoms with Gasteiger partial charge in [-0.05, 0) is 19.4 Å². The molecular formula is C17H21N3OS. The highest BCUT2D eigenvalue weighted by atomic mass is 32.1. The molecule has 2 aromatic rings. The number of carbonyl (C=O) groups is 1. The van der Waals surface area contributed by atoms with Crippen LogP contribution in [0, 0.1) is 13.8 Å². The molecule has 0 aliphatic carbocycles. The normalized spacial score (nSPS) is 16.0. The van der Waals surface area contributed by atoms with Gasteiger partial charge in [0, 0.05) is 32.7 Å². The van der Waals surface area contributed by atoms with Gasteiger partial charge >= 0.3 is 0 Å². The molecule has 1 aliphatic heterocycles. The van der Waals surface area contributed by atoms with Crippen LogP contribution in [0.2, 0.25) is 0 Å². The van der Waals surface area contributed by atoms with Gasteiger partial charge in [-0.25, -0.2) is 4.98 Å². The van der Waals surface area contributed by atoms with Crippen molar-refractivity contribution < 1.29 is 4.79 Å². The van der Waals surface area contributed by atoms with Crippen molar-refractivity contribution in [1.29, 1.82) is 0 Å². The van der Waals surface area contributed by atoms with Crippen LogP contribution in [0.15, 0.2) is 30.3 Å². The number of rotatable bonds is 3. The number of carbonyl (C=O) groups excluding carboxylic acids is 1. The van der Waals surface area contributed by atoms with E-state index < -0.39 is 0 Å². The Hall–Kier alpha value is -1.72. The Morgan fingerprint density at radius 1 is 1.14 bits per heavy atom. The zero-order valence-corrected chi connectivity index (χ0v) is 13.9. The smallest absolute Gasteiger partial charge is 0.265 e. The topological polar surface area (TPSA) is 36.4 Å². The molecule has 22 heavy (non-hydrogen) atoms. The Balaban J connectivity index is 1.57. The zero-order valence-electron chi connectivity index (χ0n) is 13.1. The Morgan fingerprint density at radius 3 is 2.41 bits per heavy atom. The highest BCUT2D eigenvalue weighted by molar-refractivity contribution is 7.13. The van der Waals surface area contributed by atoms with Crippen molar-refractivity contribution >= 4 is 17.2 Å². The Morgan fingerprint density at radius 2 is 1.82 bits per heavy atom. The first-order valence-corrected chi connectivity index (χ1v) is 8.45. The molecule has 1 aromatic carbocycles. The molecule has 1 aliphatic rings. The fraction of sp³-hybridized carbons (Fsp3) is 0.412. The van der Waals surface area contributed by atoms with Crippen LogP contribution in [0.1, 0.15) is 25.9 Å². The number of piperazine rings is 1. The summed E-state index contributed by atoms with van der Waals surface area (Å²) in [7, 11) is 0. The number of aryl methyl sites for hydroxylation is 2. The first kappa shape index (κ1) is 15.2. The molecule has 1 fully saturated rings. The lowest BCUT2D eigenvalue weighted by atomic mass is 10.2. The van der Waals surface area contributed by atoms with Gasteiger partial charge in [-0.3, -0.25) is 9.69 Å². The monoisotopic (exact) mass is 315 g/mol. The molecule has 3 rings (SSSR count). The van der Waals surface area contributed by atoms with E-state index in [1.54, 1.807) is 0 Å². The van der Waals surface area contributed by atoms with E-state index in [4.69, 9.17) is 0 Å². The van der Waals surface area contributed by atoms with Gasteiger partial charge in [0.15, 0.2) is 0 Å². The molecule has 0 radical (unpaired) electrons. The minimum atomic E-state index is 0.141. The molecule has 0 bridgehead atoms. The van der Waals surface area contributed by atoms with Crippen molar-refractivity contribution in [1.82, 2.24) is 14.8 Å². The first-order valence-electron chi connectivity index (χ1n) is 7.63. The molecule has 5 heteroatoms. The molecule has 1 amide bonds. The Bertz CT molecular complexity index is 645. The highest BCUT2D eigenvalue weighted by Gasteiger charge is 2.24. The second-order valence-corrected chi connectivity index (χ2v) is 6.90. The van der Waals surface area contributed by atoms with Gasteiger partial charge in [-0.1, -0.05) is 30.3 Å². The molecule has 1 saturated heterocycles. The quantitative estimate of drug-likeness (QED) is 0.874. The number of nitrogens with zero attached hydrogens (tertiary/aromatic N) is 3. The minimum Gasteiger partial charge on any atom is -0.335 e. The summed E-state index contributed by atoms with van der Waals surface area (Å²) in [5.41, 5.74) is 2.19. The van der Waals surface area contributed by atoms with E-state index in [0.29, 0.717) is 0 Å². The van der Waals surface area contributed by atoms with Crippen molar-refractivity contribution in [2.24, 2.45) is 0 Å². The first-order chi connectivity index (χ1) is 10.6. The predicted octanol–water partition coefficient (Wildman–Crippen LogP) is 2.72. The molecule has 116 valence electrons. The van der Waals surface area contributed by atoms with E-state index in [2.05, 4.69) is 34.1 Å². The van der Waals surface area contributed by atoms with E-state index in [1.807, 2.05) is 24.8 Å². The maximum Gasteiger partial charge on any atom is 0.265 e. The molecule has 0 spiro atoms. The molecule has 0 unspecified atom stereocenters. The average molecular weight is 315 g/mol. The highest BCUT2D eigenvalue weighted by Crippen LogP contribution is 2.20. The van der Waals surface area contributed by atoms with Crippen LogP contribution in [0.25, 0.3) is 0 Å². The van der Waals surface area contributed by atoms with Crippen molar-refractivity contribution in [3.63, 3.8) is 0 Å². The minimum absolute atomic E-state index is 0.141. The number of thiazole rings is 1. The number of hydrogen-bond acceptors (Lipinski definition) is 4. The summed E-state index contributed by atoms with van der Waals surface area (Å²) in [5.74, 6) is 0.141. The van der Waals surface area contributed by atoms with Crippen molar-refractivity contribution in [3.05, 3.63) is 51.5 Å². The predicted molar refractivity (Wildman–Crippen MR) is 89.2 cm³/mol. The number of amides is 1. The second-order valence-electron chi connectivity index (χ2n) is 5.70. The van der Waals surface area contributed by atoms with Crippen LogP contribution < -0.4 is 0 Å². The maximum atomic E-state index is 12.6. The lowest BCUT2D eigenvalue weighted by Crippen LogP contribution is -2.48. The third kappa shape index (κ3) is 3.36. The molecule has 4 nitrogen and oxygen atoms in total. The fourth-order valence-corrected chi connectivity index (χ4v) is 3.71. The van der Waals surface area contributed by atoms with E-state index in [1.165, 1.54) is 16.9 Å². The Labute approximate surface area is 135 Å². The number of benzene rings is 1. The number of aromatic nitrogens is 1. The lowest BCUT2D eigenvalue weighted by Gasteiger charge is -2.34. The lowest BCUT2D eigenvalue weighted by molar-refractivity contribution is 0.0632. The molecule has 1 aromatic heterocycles. The molecular weight excluding hydrogens is 294 g/mol.